The summed E-state index contributed by atoms with van der Waals surface area (Å²) >= 11 is 0. The molecule has 3 aromatic rings. The summed E-state index contributed by atoms with van der Waals surface area (Å²) in [6.45, 7) is 1.06. The molecule has 2 fully saturated rings. The summed E-state index contributed by atoms with van der Waals surface area (Å²) in [7, 11) is 0. The summed E-state index contributed by atoms with van der Waals surface area (Å²) in [6, 6.07) is 8.72. The SMILES string of the molecule is O=C(O)c1ccc2nnc(C(O)N3C[C@H]4CC(c5ccccc5C(F)(F)F)C[C@H]4C3)n2c1. The van der Waals surface area contributed by atoms with Crippen LogP contribution in [-0.4, -0.2) is 48.8 Å². The van der Waals surface area contributed by atoms with Crippen molar-refractivity contribution in [1.29, 1.82) is 0 Å². The lowest BCUT2D eigenvalue weighted by Gasteiger charge is -2.24. The zero-order chi connectivity index (χ0) is 22.6. The first-order valence-electron chi connectivity index (χ1n) is 10.4. The van der Waals surface area contributed by atoms with Gasteiger partial charge in [-0.25, -0.2) is 4.79 Å². The van der Waals surface area contributed by atoms with E-state index in [2.05, 4.69) is 10.2 Å². The van der Waals surface area contributed by atoms with Crippen LogP contribution in [0.2, 0.25) is 0 Å². The van der Waals surface area contributed by atoms with Gasteiger partial charge in [0.1, 0.15) is 0 Å². The molecule has 3 heterocycles. The second kappa shape index (κ2) is 7.56. The van der Waals surface area contributed by atoms with E-state index in [1.165, 1.54) is 28.8 Å². The van der Waals surface area contributed by atoms with Crippen LogP contribution in [0.15, 0.2) is 42.6 Å². The second-order valence-electron chi connectivity index (χ2n) is 8.61. The summed E-state index contributed by atoms with van der Waals surface area (Å²) in [5, 5.41) is 28.2. The predicted molar refractivity (Wildman–Crippen MR) is 107 cm³/mol. The molecular weight excluding hydrogens is 425 g/mol. The number of nitrogens with zero attached hydrogens (tertiary/aromatic N) is 4. The number of hydrogen-bond donors (Lipinski definition) is 2. The molecule has 1 saturated heterocycles. The lowest BCUT2D eigenvalue weighted by atomic mass is 9.91. The molecule has 4 atom stereocenters. The minimum Gasteiger partial charge on any atom is -0.478 e. The molecule has 168 valence electrons. The minimum atomic E-state index is -4.37. The van der Waals surface area contributed by atoms with Gasteiger partial charge in [-0.3, -0.25) is 9.30 Å². The summed E-state index contributed by atoms with van der Waals surface area (Å²) in [4.78, 5) is 13.1. The normalized spacial score (nSPS) is 24.7. The zero-order valence-corrected chi connectivity index (χ0v) is 16.9. The molecular formula is C22H21F3N4O3. The van der Waals surface area contributed by atoms with Crippen molar-refractivity contribution in [2.45, 2.75) is 31.2 Å². The summed E-state index contributed by atoms with van der Waals surface area (Å²) in [6.07, 6.45) is -2.83. The topological polar surface area (TPSA) is 91.0 Å². The Bertz CT molecular complexity index is 1160. The number of pyridine rings is 1. The Morgan fingerprint density at radius 1 is 1.06 bits per heavy atom. The van der Waals surface area contributed by atoms with E-state index in [1.54, 1.807) is 12.1 Å². The number of hydrogen-bond acceptors (Lipinski definition) is 5. The molecule has 10 heteroatoms. The number of aliphatic hydroxyl groups is 1. The van der Waals surface area contributed by atoms with Crippen LogP contribution in [0.25, 0.3) is 5.65 Å². The van der Waals surface area contributed by atoms with Gasteiger partial charge in [-0.2, -0.15) is 13.2 Å². The van der Waals surface area contributed by atoms with Gasteiger partial charge in [-0.15, -0.1) is 10.2 Å². The summed E-state index contributed by atoms with van der Waals surface area (Å²) in [5.74, 6) is -0.687. The fourth-order valence-corrected chi connectivity index (χ4v) is 5.28. The van der Waals surface area contributed by atoms with Crippen molar-refractivity contribution in [2.75, 3.05) is 13.1 Å². The molecule has 0 radical (unpaired) electrons. The van der Waals surface area contributed by atoms with Crippen LogP contribution in [0, 0.1) is 11.8 Å². The first-order chi connectivity index (χ1) is 15.2. The molecule has 1 aromatic carbocycles. The maximum Gasteiger partial charge on any atom is 0.416 e. The number of rotatable bonds is 4. The van der Waals surface area contributed by atoms with Crippen LogP contribution in [0.5, 0.6) is 0 Å². The number of benzene rings is 1. The molecule has 0 spiro atoms. The predicted octanol–water partition coefficient (Wildman–Crippen LogP) is 3.56. The Balaban J connectivity index is 1.33. The average molecular weight is 446 g/mol. The van der Waals surface area contributed by atoms with Crippen molar-refractivity contribution in [3.63, 3.8) is 0 Å². The van der Waals surface area contributed by atoms with E-state index in [4.69, 9.17) is 0 Å². The number of halogens is 3. The van der Waals surface area contributed by atoms with Gasteiger partial charge in [0.15, 0.2) is 17.7 Å². The Hall–Kier alpha value is -2.98. The number of likely N-dealkylation sites (tertiary alicyclic amines) is 1. The number of carboxylic acids is 1. The maximum atomic E-state index is 13.4. The maximum absolute atomic E-state index is 13.4. The van der Waals surface area contributed by atoms with E-state index in [0.717, 1.165) is 6.07 Å². The molecule has 2 N–H and O–H groups in total. The van der Waals surface area contributed by atoms with E-state index in [9.17, 15) is 28.2 Å². The molecule has 0 amide bonds. The fourth-order valence-electron chi connectivity index (χ4n) is 5.28. The van der Waals surface area contributed by atoms with Crippen molar-refractivity contribution in [2.24, 2.45) is 11.8 Å². The second-order valence-corrected chi connectivity index (χ2v) is 8.61. The lowest BCUT2D eigenvalue weighted by molar-refractivity contribution is -0.138. The molecule has 7 nitrogen and oxygen atoms in total. The van der Waals surface area contributed by atoms with Crippen molar-refractivity contribution in [1.82, 2.24) is 19.5 Å². The largest absolute Gasteiger partial charge is 0.478 e. The Kier molecular flexibility index (Phi) is 4.94. The van der Waals surface area contributed by atoms with E-state index < -0.39 is 23.9 Å². The van der Waals surface area contributed by atoms with Gasteiger partial charge in [-0.1, -0.05) is 18.2 Å². The van der Waals surface area contributed by atoms with E-state index in [1.807, 2.05) is 4.90 Å². The number of fused-ring (bicyclic) bond motifs is 2. The van der Waals surface area contributed by atoms with Gasteiger partial charge >= 0.3 is 12.1 Å². The van der Waals surface area contributed by atoms with Crippen molar-refractivity contribution < 1.29 is 28.2 Å². The Morgan fingerprint density at radius 2 is 1.75 bits per heavy atom. The van der Waals surface area contributed by atoms with Crippen LogP contribution >= 0.6 is 0 Å². The monoisotopic (exact) mass is 446 g/mol. The fraction of sp³-hybridized carbons (Fsp3) is 0.409. The van der Waals surface area contributed by atoms with Crippen molar-refractivity contribution >= 4 is 11.6 Å². The van der Waals surface area contributed by atoms with Gasteiger partial charge in [0.2, 0.25) is 0 Å². The molecule has 2 aromatic heterocycles. The van der Waals surface area contributed by atoms with Crippen LogP contribution in [0.4, 0.5) is 13.2 Å². The lowest BCUT2D eigenvalue weighted by Crippen LogP contribution is -2.29. The van der Waals surface area contributed by atoms with E-state index >= 15 is 0 Å². The highest BCUT2D eigenvalue weighted by Crippen LogP contribution is 2.49. The molecule has 1 aliphatic heterocycles. The number of carboxylic acid groups (broad SMARTS) is 1. The number of carbonyl (C=O) groups is 1. The first kappa shape index (κ1) is 20.9. The highest BCUT2D eigenvalue weighted by atomic mass is 19.4. The quantitative estimate of drug-likeness (QED) is 0.637. The van der Waals surface area contributed by atoms with Crippen LogP contribution < -0.4 is 0 Å². The smallest absolute Gasteiger partial charge is 0.416 e. The van der Waals surface area contributed by atoms with E-state index in [-0.39, 0.29) is 29.1 Å². The van der Waals surface area contributed by atoms with E-state index in [0.29, 0.717) is 37.1 Å². The first-order valence-corrected chi connectivity index (χ1v) is 10.4. The molecule has 2 unspecified atom stereocenters. The molecule has 0 bridgehead atoms. The molecule has 2 aliphatic rings. The van der Waals surface area contributed by atoms with Gasteiger partial charge < -0.3 is 10.2 Å². The summed E-state index contributed by atoms with van der Waals surface area (Å²) < 4.78 is 41.8. The molecule has 1 saturated carbocycles. The third-order valence-corrected chi connectivity index (χ3v) is 6.74. The van der Waals surface area contributed by atoms with Gasteiger partial charge in [0.25, 0.3) is 0 Å². The zero-order valence-electron chi connectivity index (χ0n) is 16.9. The Labute approximate surface area is 181 Å². The average Bonchev–Trinajstić information content (AvgIpc) is 3.45. The molecule has 1 aliphatic carbocycles. The highest BCUT2D eigenvalue weighted by molar-refractivity contribution is 5.87. The standard InChI is InChI=1S/C22H21F3N4O3/c23-22(24,25)17-4-2-1-3-16(17)13-7-14-9-28(10-15(14)8-13)20(30)19-27-26-18-6-5-12(21(31)32)11-29(18)19/h1-6,11,13-15,20,30H,7-10H2,(H,31,32)/t13?,14-,15+,20?. The van der Waals surface area contributed by atoms with Crippen LogP contribution in [0.3, 0.4) is 0 Å². The molecule has 32 heavy (non-hydrogen) atoms. The third-order valence-electron chi connectivity index (χ3n) is 6.74. The number of aliphatic hydroxyl groups excluding tert-OH is 1. The molecule has 5 rings (SSSR count). The van der Waals surface area contributed by atoms with Gasteiger partial charge in [0, 0.05) is 19.3 Å². The van der Waals surface area contributed by atoms with Crippen LogP contribution in [-0.2, 0) is 6.18 Å². The highest BCUT2D eigenvalue weighted by Gasteiger charge is 2.45. The van der Waals surface area contributed by atoms with Crippen LogP contribution in [0.1, 0.15) is 52.3 Å². The van der Waals surface area contributed by atoms with Crippen molar-refractivity contribution in [3.8, 4) is 0 Å². The number of aromatic nitrogens is 3. The van der Waals surface area contributed by atoms with Crippen molar-refractivity contribution in [3.05, 3.63) is 65.1 Å². The Morgan fingerprint density at radius 3 is 2.41 bits per heavy atom. The van der Waals surface area contributed by atoms with Gasteiger partial charge in [0.05, 0.1) is 11.1 Å². The number of alkyl halides is 3. The third kappa shape index (κ3) is 3.53. The van der Waals surface area contributed by atoms with Gasteiger partial charge in [-0.05, 0) is 54.4 Å². The number of aromatic carboxylic acids is 1. The minimum absolute atomic E-state index is 0.0511. The summed E-state index contributed by atoms with van der Waals surface area (Å²) in [5.41, 5.74) is 0.264.